The third kappa shape index (κ3) is 1.68. The molecule has 6 nitrogen and oxygen atoms in total. The van der Waals surface area contributed by atoms with Gasteiger partial charge in [0.2, 0.25) is 11.7 Å². The summed E-state index contributed by atoms with van der Waals surface area (Å²) in [5.74, 6) is -0.0511. The van der Waals surface area contributed by atoms with Crippen LogP contribution in [-0.2, 0) is 4.79 Å². The number of halogens is 1. The van der Waals surface area contributed by atoms with E-state index in [1.54, 1.807) is 22.9 Å². The number of rotatable bonds is 1. The lowest BCUT2D eigenvalue weighted by atomic mass is 10.1. The third-order valence-corrected chi connectivity index (χ3v) is 3.30. The minimum absolute atomic E-state index is 0.218. The molecule has 0 spiro atoms. The Hall–Kier alpha value is -2.36. The molecule has 7 heteroatoms. The van der Waals surface area contributed by atoms with Crippen LogP contribution in [0.3, 0.4) is 0 Å². The van der Waals surface area contributed by atoms with E-state index in [0.29, 0.717) is 22.0 Å². The number of carbonyl (C=O) groups is 1. The monoisotopic (exact) mass is 273 g/mol. The number of aromatic nitrogens is 2. The molecule has 0 bridgehead atoms. The molecule has 0 aliphatic carbocycles. The summed E-state index contributed by atoms with van der Waals surface area (Å²) in [6.07, 6.45) is 3.13. The normalized spacial score (nSPS) is 16.9. The summed E-state index contributed by atoms with van der Waals surface area (Å²) in [5.41, 5.74) is 7.57. The highest BCUT2D eigenvalue weighted by molar-refractivity contribution is 6.32. The molecular formula is C12H8ClN5O. The number of hydrogen-bond acceptors (Lipinski definition) is 4. The van der Waals surface area contributed by atoms with Crippen molar-refractivity contribution in [1.29, 1.82) is 5.26 Å². The quantitative estimate of drug-likeness (QED) is 0.819. The van der Waals surface area contributed by atoms with Crippen molar-refractivity contribution in [3.8, 4) is 11.8 Å². The molecule has 19 heavy (non-hydrogen) atoms. The lowest BCUT2D eigenvalue weighted by Gasteiger charge is -2.09. The number of nitrogens with two attached hydrogens (primary N) is 1. The van der Waals surface area contributed by atoms with Crippen LogP contribution in [0, 0.1) is 11.3 Å². The Balaban J connectivity index is 2.19. The van der Waals surface area contributed by atoms with E-state index in [1.165, 1.54) is 6.20 Å². The van der Waals surface area contributed by atoms with E-state index in [2.05, 4.69) is 10.3 Å². The van der Waals surface area contributed by atoms with Crippen molar-refractivity contribution in [2.24, 2.45) is 5.73 Å². The van der Waals surface area contributed by atoms with Crippen molar-refractivity contribution in [2.75, 3.05) is 5.32 Å². The van der Waals surface area contributed by atoms with E-state index in [1.807, 2.05) is 6.07 Å². The number of nitrogens with zero attached hydrogens (tertiary/aromatic N) is 3. The largest absolute Gasteiger partial charge is 0.324 e. The SMILES string of the molecule is N#Cc1nccn1-c1cc2c(cc1Cl)C(N)C(=O)N2. The number of nitriles is 1. The zero-order chi connectivity index (χ0) is 13.6. The number of hydrogen-bond donors (Lipinski definition) is 2. The van der Waals surface area contributed by atoms with Crippen molar-refractivity contribution < 1.29 is 4.79 Å². The van der Waals surface area contributed by atoms with Crippen molar-refractivity contribution in [1.82, 2.24) is 9.55 Å². The van der Waals surface area contributed by atoms with Gasteiger partial charge in [0.05, 0.1) is 10.7 Å². The minimum atomic E-state index is -0.709. The zero-order valence-corrected chi connectivity index (χ0v) is 10.3. The Morgan fingerprint density at radius 1 is 1.53 bits per heavy atom. The second-order valence-electron chi connectivity index (χ2n) is 4.09. The Morgan fingerprint density at radius 2 is 2.32 bits per heavy atom. The number of anilines is 1. The molecule has 3 rings (SSSR count). The van der Waals surface area contributed by atoms with Gasteiger partial charge >= 0.3 is 0 Å². The van der Waals surface area contributed by atoms with Gasteiger partial charge in [-0.3, -0.25) is 9.36 Å². The first-order chi connectivity index (χ1) is 9.11. The maximum Gasteiger partial charge on any atom is 0.245 e. The molecule has 3 N–H and O–H groups in total. The molecule has 1 aromatic heterocycles. The molecule has 1 aliphatic rings. The Kier molecular flexibility index (Phi) is 2.52. The first kappa shape index (κ1) is 11.7. The Labute approximate surface area is 113 Å². The summed E-state index contributed by atoms with van der Waals surface area (Å²) in [6.45, 7) is 0. The van der Waals surface area contributed by atoms with Gasteiger partial charge in [-0.25, -0.2) is 4.98 Å². The molecule has 1 amide bonds. The summed E-state index contributed by atoms with van der Waals surface area (Å²) in [6, 6.07) is 4.58. The van der Waals surface area contributed by atoms with Gasteiger partial charge in [-0.15, -0.1) is 0 Å². The van der Waals surface area contributed by atoms with Crippen LogP contribution in [0.4, 0.5) is 5.69 Å². The van der Waals surface area contributed by atoms with Gasteiger partial charge in [-0.05, 0) is 12.1 Å². The number of benzene rings is 1. The smallest absolute Gasteiger partial charge is 0.245 e. The van der Waals surface area contributed by atoms with Crippen LogP contribution in [0.5, 0.6) is 0 Å². The van der Waals surface area contributed by atoms with E-state index in [-0.39, 0.29) is 11.7 Å². The highest BCUT2D eigenvalue weighted by atomic mass is 35.5. The fourth-order valence-electron chi connectivity index (χ4n) is 2.06. The highest BCUT2D eigenvalue weighted by Crippen LogP contribution is 2.35. The van der Waals surface area contributed by atoms with Crippen LogP contribution < -0.4 is 11.1 Å². The van der Waals surface area contributed by atoms with E-state index in [9.17, 15) is 4.79 Å². The Morgan fingerprint density at radius 3 is 3.05 bits per heavy atom. The molecule has 94 valence electrons. The van der Waals surface area contributed by atoms with Gasteiger partial charge in [0.25, 0.3) is 0 Å². The molecule has 1 aliphatic heterocycles. The molecule has 2 heterocycles. The minimum Gasteiger partial charge on any atom is -0.324 e. The first-order valence-corrected chi connectivity index (χ1v) is 5.83. The summed E-state index contributed by atoms with van der Waals surface area (Å²) in [4.78, 5) is 15.4. The highest BCUT2D eigenvalue weighted by Gasteiger charge is 2.28. The van der Waals surface area contributed by atoms with Crippen LogP contribution in [0.15, 0.2) is 24.5 Å². The Bertz CT molecular complexity index is 730. The lowest BCUT2D eigenvalue weighted by Crippen LogP contribution is -2.19. The van der Waals surface area contributed by atoms with Gasteiger partial charge in [-0.2, -0.15) is 5.26 Å². The van der Waals surface area contributed by atoms with Gasteiger partial charge < -0.3 is 11.1 Å². The predicted molar refractivity (Wildman–Crippen MR) is 68.8 cm³/mol. The van der Waals surface area contributed by atoms with E-state index in [0.717, 1.165) is 0 Å². The number of fused-ring (bicyclic) bond motifs is 1. The van der Waals surface area contributed by atoms with Crippen molar-refractivity contribution in [3.63, 3.8) is 0 Å². The maximum absolute atomic E-state index is 11.5. The lowest BCUT2D eigenvalue weighted by molar-refractivity contribution is -0.116. The summed E-state index contributed by atoms with van der Waals surface area (Å²) >= 11 is 6.19. The fraction of sp³-hybridized carbons (Fsp3) is 0.0833. The predicted octanol–water partition coefficient (Wildman–Crippen LogP) is 1.35. The van der Waals surface area contributed by atoms with E-state index >= 15 is 0 Å². The molecule has 0 saturated heterocycles. The number of imidazole rings is 1. The van der Waals surface area contributed by atoms with E-state index < -0.39 is 6.04 Å². The maximum atomic E-state index is 11.5. The van der Waals surface area contributed by atoms with Crippen LogP contribution >= 0.6 is 11.6 Å². The number of amides is 1. The summed E-state index contributed by atoms with van der Waals surface area (Å²) in [7, 11) is 0. The number of carbonyl (C=O) groups excluding carboxylic acids is 1. The second kappa shape index (κ2) is 4.09. The van der Waals surface area contributed by atoms with Crippen LogP contribution in [-0.4, -0.2) is 15.5 Å². The molecule has 0 radical (unpaired) electrons. The molecule has 1 atom stereocenters. The van der Waals surface area contributed by atoms with Crippen LogP contribution in [0.2, 0.25) is 5.02 Å². The van der Waals surface area contributed by atoms with E-state index in [4.69, 9.17) is 22.6 Å². The molecule has 0 saturated carbocycles. The topological polar surface area (TPSA) is 96.7 Å². The van der Waals surface area contributed by atoms with Gasteiger partial charge in [0, 0.05) is 23.6 Å². The molecular weight excluding hydrogens is 266 g/mol. The molecule has 2 aromatic rings. The standard InChI is InChI=1S/C12H8ClN5O/c13-7-3-6-8(17-12(19)11(6)15)4-9(7)18-2-1-16-10(18)5-14/h1-4,11H,15H2,(H,17,19). The average Bonchev–Trinajstić information content (AvgIpc) is 2.96. The van der Waals surface area contributed by atoms with Crippen molar-refractivity contribution in [3.05, 3.63) is 40.9 Å². The third-order valence-electron chi connectivity index (χ3n) is 2.99. The van der Waals surface area contributed by atoms with Crippen LogP contribution in [0.25, 0.3) is 5.69 Å². The summed E-state index contributed by atoms with van der Waals surface area (Å²) in [5, 5.41) is 12.0. The van der Waals surface area contributed by atoms with Gasteiger partial charge in [0.1, 0.15) is 12.1 Å². The second-order valence-corrected chi connectivity index (χ2v) is 4.50. The number of nitrogens with one attached hydrogen (secondary N) is 1. The average molecular weight is 274 g/mol. The first-order valence-electron chi connectivity index (χ1n) is 5.45. The van der Waals surface area contributed by atoms with Gasteiger partial charge in [0.15, 0.2) is 0 Å². The summed E-state index contributed by atoms with van der Waals surface area (Å²) < 4.78 is 1.55. The zero-order valence-electron chi connectivity index (χ0n) is 9.59. The molecule has 0 fully saturated rings. The van der Waals surface area contributed by atoms with Crippen LogP contribution in [0.1, 0.15) is 17.4 Å². The fourth-order valence-corrected chi connectivity index (χ4v) is 2.32. The van der Waals surface area contributed by atoms with Crippen molar-refractivity contribution >= 4 is 23.2 Å². The van der Waals surface area contributed by atoms with Gasteiger partial charge in [-0.1, -0.05) is 11.6 Å². The van der Waals surface area contributed by atoms with Crippen molar-refractivity contribution in [2.45, 2.75) is 6.04 Å². The molecule has 1 unspecified atom stereocenters. The molecule has 1 aromatic carbocycles.